The lowest BCUT2D eigenvalue weighted by molar-refractivity contribution is -0.119. The van der Waals surface area contributed by atoms with Crippen molar-refractivity contribution in [3.05, 3.63) is 24.2 Å². The van der Waals surface area contributed by atoms with Crippen LogP contribution in [0.4, 0.5) is 0 Å². The van der Waals surface area contributed by atoms with Gasteiger partial charge in [0.25, 0.3) is 0 Å². The minimum absolute atomic E-state index is 0.0473. The zero-order chi connectivity index (χ0) is 8.27. The second-order valence-electron chi connectivity index (χ2n) is 2.44. The molecule has 1 aromatic rings. The summed E-state index contributed by atoms with van der Waals surface area (Å²) in [5.41, 5.74) is 0. The molecule has 60 valence electrons. The molecule has 0 aliphatic heterocycles. The lowest BCUT2D eigenvalue weighted by Gasteiger charge is -2.02. The standard InChI is InChI=1S/C8H10O3/c1-6(9)5-7(10)8-3-2-4-11-8/h2-4,7,10H,5H2,1H3. The second-order valence-corrected chi connectivity index (χ2v) is 2.44. The molecule has 0 aliphatic carbocycles. The SMILES string of the molecule is CC(=O)CC(O)c1ccco1. The lowest BCUT2D eigenvalue weighted by Crippen LogP contribution is -2.01. The molecule has 0 aliphatic rings. The maximum absolute atomic E-state index is 10.5. The maximum Gasteiger partial charge on any atom is 0.132 e. The fraction of sp³-hybridized carbons (Fsp3) is 0.375. The van der Waals surface area contributed by atoms with Crippen molar-refractivity contribution in [1.82, 2.24) is 0 Å². The van der Waals surface area contributed by atoms with Crippen LogP contribution in [0.2, 0.25) is 0 Å². The summed E-state index contributed by atoms with van der Waals surface area (Å²) in [6.45, 7) is 1.44. The summed E-state index contributed by atoms with van der Waals surface area (Å²) in [4.78, 5) is 10.5. The fourth-order valence-electron chi connectivity index (χ4n) is 0.854. The average molecular weight is 154 g/mol. The highest BCUT2D eigenvalue weighted by atomic mass is 16.4. The van der Waals surface area contributed by atoms with Gasteiger partial charge in [-0.15, -0.1) is 0 Å². The molecule has 1 rings (SSSR count). The van der Waals surface area contributed by atoms with Crippen molar-refractivity contribution >= 4 is 5.78 Å². The van der Waals surface area contributed by atoms with Gasteiger partial charge >= 0.3 is 0 Å². The molecule has 0 amide bonds. The quantitative estimate of drug-likeness (QED) is 0.713. The normalized spacial score (nSPS) is 12.9. The fourth-order valence-corrected chi connectivity index (χ4v) is 0.854. The van der Waals surface area contributed by atoms with Gasteiger partial charge in [0.05, 0.1) is 6.26 Å². The predicted molar refractivity (Wildman–Crippen MR) is 39.0 cm³/mol. The van der Waals surface area contributed by atoms with Gasteiger partial charge in [-0.1, -0.05) is 0 Å². The van der Waals surface area contributed by atoms with Gasteiger partial charge in [-0.25, -0.2) is 0 Å². The van der Waals surface area contributed by atoms with Crippen molar-refractivity contribution in [3.63, 3.8) is 0 Å². The van der Waals surface area contributed by atoms with E-state index in [0.29, 0.717) is 5.76 Å². The Morgan fingerprint density at radius 3 is 3.00 bits per heavy atom. The van der Waals surface area contributed by atoms with Crippen LogP contribution < -0.4 is 0 Å². The Hall–Kier alpha value is -1.09. The average Bonchev–Trinajstić information content (AvgIpc) is 2.35. The number of furan rings is 1. The van der Waals surface area contributed by atoms with Crippen LogP contribution in [0.1, 0.15) is 25.2 Å². The Bertz CT molecular complexity index is 225. The predicted octanol–water partition coefficient (Wildman–Crippen LogP) is 1.29. The van der Waals surface area contributed by atoms with Gasteiger partial charge in [-0.3, -0.25) is 4.79 Å². The second kappa shape index (κ2) is 3.34. The molecule has 0 spiro atoms. The van der Waals surface area contributed by atoms with Crippen LogP contribution in [0.15, 0.2) is 22.8 Å². The van der Waals surface area contributed by atoms with E-state index in [1.54, 1.807) is 12.1 Å². The van der Waals surface area contributed by atoms with E-state index in [1.807, 2.05) is 0 Å². The molecule has 1 unspecified atom stereocenters. The molecule has 0 saturated carbocycles. The first-order valence-electron chi connectivity index (χ1n) is 3.41. The third-order valence-electron chi connectivity index (χ3n) is 1.35. The maximum atomic E-state index is 10.5. The Morgan fingerprint density at radius 2 is 2.55 bits per heavy atom. The Morgan fingerprint density at radius 1 is 1.82 bits per heavy atom. The summed E-state index contributed by atoms with van der Waals surface area (Å²) in [6, 6.07) is 3.33. The number of Topliss-reactive ketones (excluding diaryl/α,β-unsaturated/α-hetero) is 1. The van der Waals surface area contributed by atoms with Gasteiger partial charge in [0.2, 0.25) is 0 Å². The van der Waals surface area contributed by atoms with E-state index in [9.17, 15) is 9.90 Å². The summed E-state index contributed by atoms with van der Waals surface area (Å²) < 4.78 is 4.89. The largest absolute Gasteiger partial charge is 0.467 e. The molecule has 1 aromatic heterocycles. The van der Waals surface area contributed by atoms with E-state index in [0.717, 1.165) is 0 Å². The van der Waals surface area contributed by atoms with Crippen LogP contribution in [-0.2, 0) is 4.79 Å². The zero-order valence-electron chi connectivity index (χ0n) is 6.28. The van der Waals surface area contributed by atoms with Crippen LogP contribution in [0.5, 0.6) is 0 Å². The number of carbonyl (C=O) groups excluding carboxylic acids is 1. The van der Waals surface area contributed by atoms with Crippen molar-refractivity contribution < 1.29 is 14.3 Å². The van der Waals surface area contributed by atoms with E-state index < -0.39 is 6.10 Å². The van der Waals surface area contributed by atoms with E-state index in [1.165, 1.54) is 13.2 Å². The molecular weight excluding hydrogens is 144 g/mol. The third-order valence-corrected chi connectivity index (χ3v) is 1.35. The molecule has 3 nitrogen and oxygen atoms in total. The minimum atomic E-state index is -0.789. The van der Waals surface area contributed by atoms with Crippen molar-refractivity contribution in [2.45, 2.75) is 19.4 Å². The first-order chi connectivity index (χ1) is 5.20. The molecule has 1 atom stereocenters. The van der Waals surface area contributed by atoms with Crippen LogP contribution in [0.25, 0.3) is 0 Å². The highest BCUT2D eigenvalue weighted by Gasteiger charge is 2.11. The monoisotopic (exact) mass is 154 g/mol. The molecule has 1 heterocycles. The molecule has 0 fully saturated rings. The number of aliphatic hydroxyl groups excluding tert-OH is 1. The molecule has 0 saturated heterocycles. The van der Waals surface area contributed by atoms with Gasteiger partial charge in [0.1, 0.15) is 17.6 Å². The molecule has 0 radical (unpaired) electrons. The smallest absolute Gasteiger partial charge is 0.132 e. The molecule has 0 aromatic carbocycles. The topological polar surface area (TPSA) is 50.4 Å². The van der Waals surface area contributed by atoms with Gasteiger partial charge in [-0.2, -0.15) is 0 Å². The van der Waals surface area contributed by atoms with Crippen molar-refractivity contribution in [1.29, 1.82) is 0 Å². The molecule has 0 bridgehead atoms. The van der Waals surface area contributed by atoms with Gasteiger partial charge < -0.3 is 9.52 Å². The summed E-state index contributed by atoms with van der Waals surface area (Å²) in [7, 11) is 0. The van der Waals surface area contributed by atoms with Crippen molar-refractivity contribution in [2.75, 3.05) is 0 Å². The number of carbonyl (C=O) groups is 1. The van der Waals surface area contributed by atoms with Crippen molar-refractivity contribution in [3.8, 4) is 0 Å². The molecule has 1 N–H and O–H groups in total. The summed E-state index contributed by atoms with van der Waals surface area (Å²) >= 11 is 0. The number of aliphatic hydroxyl groups is 1. The zero-order valence-corrected chi connectivity index (χ0v) is 6.28. The van der Waals surface area contributed by atoms with E-state index in [2.05, 4.69) is 0 Å². The molecule has 11 heavy (non-hydrogen) atoms. The first-order valence-corrected chi connectivity index (χ1v) is 3.41. The molecule has 3 heteroatoms. The van der Waals surface area contributed by atoms with Gasteiger partial charge in [-0.05, 0) is 19.1 Å². The third kappa shape index (κ3) is 2.20. The summed E-state index contributed by atoms with van der Waals surface area (Å²) in [5.74, 6) is 0.397. The lowest BCUT2D eigenvalue weighted by atomic mass is 10.1. The van der Waals surface area contributed by atoms with Crippen LogP contribution in [-0.4, -0.2) is 10.9 Å². The Kier molecular flexibility index (Phi) is 2.44. The highest BCUT2D eigenvalue weighted by Crippen LogP contribution is 2.16. The first kappa shape index (κ1) is 8.01. The van der Waals surface area contributed by atoms with E-state index in [4.69, 9.17) is 4.42 Å². The number of hydrogen-bond acceptors (Lipinski definition) is 3. The Balaban J connectivity index is 2.56. The number of hydrogen-bond donors (Lipinski definition) is 1. The summed E-state index contributed by atoms with van der Waals surface area (Å²) in [5, 5.41) is 9.27. The number of ketones is 1. The summed E-state index contributed by atoms with van der Waals surface area (Å²) in [6.07, 6.45) is 0.800. The Labute approximate surface area is 64.6 Å². The van der Waals surface area contributed by atoms with Gasteiger partial charge in [0.15, 0.2) is 0 Å². The minimum Gasteiger partial charge on any atom is -0.467 e. The van der Waals surface area contributed by atoms with Crippen LogP contribution >= 0.6 is 0 Å². The van der Waals surface area contributed by atoms with Crippen LogP contribution in [0.3, 0.4) is 0 Å². The van der Waals surface area contributed by atoms with E-state index in [-0.39, 0.29) is 12.2 Å². The van der Waals surface area contributed by atoms with Gasteiger partial charge in [0, 0.05) is 6.42 Å². The number of rotatable bonds is 3. The highest BCUT2D eigenvalue weighted by molar-refractivity contribution is 5.76. The molecular formula is C8H10O3. The van der Waals surface area contributed by atoms with Crippen LogP contribution in [0, 0.1) is 0 Å². The van der Waals surface area contributed by atoms with Crippen molar-refractivity contribution in [2.24, 2.45) is 0 Å². The van der Waals surface area contributed by atoms with E-state index >= 15 is 0 Å².